The van der Waals surface area contributed by atoms with Crippen LogP contribution >= 0.6 is 0 Å². The number of rotatable bonds is 1. The maximum atomic E-state index is 2.39. The van der Waals surface area contributed by atoms with Gasteiger partial charge in [0.1, 0.15) is 0 Å². The Morgan fingerprint density at radius 2 is 1.13 bits per heavy atom. The van der Waals surface area contributed by atoms with E-state index in [2.05, 4.69) is 20.8 Å². The minimum atomic E-state index is 0. The fourth-order valence-corrected chi connectivity index (χ4v) is 1.95. The van der Waals surface area contributed by atoms with Gasteiger partial charge in [0.2, 0.25) is 0 Å². The summed E-state index contributed by atoms with van der Waals surface area (Å²) in [5.41, 5.74) is 0. The predicted octanol–water partition coefficient (Wildman–Crippen LogP) is 6.40. The molecule has 1 saturated carbocycles. The quantitative estimate of drug-likeness (QED) is 0.477. The molecule has 0 aromatic carbocycles. The lowest BCUT2D eigenvalue weighted by atomic mass is 9.78. The lowest BCUT2D eigenvalue weighted by molar-refractivity contribution is 0.234. The van der Waals surface area contributed by atoms with Crippen LogP contribution in [-0.2, 0) is 0 Å². The van der Waals surface area contributed by atoms with Crippen molar-refractivity contribution in [1.29, 1.82) is 0 Å². The summed E-state index contributed by atoms with van der Waals surface area (Å²) in [6.45, 7) is 11.1. The Morgan fingerprint density at radius 1 is 0.800 bits per heavy atom. The van der Waals surface area contributed by atoms with E-state index in [9.17, 15) is 0 Å². The first-order chi connectivity index (χ1) is 5.70. The zero-order valence-electron chi connectivity index (χ0n) is 9.56. The van der Waals surface area contributed by atoms with Gasteiger partial charge in [0, 0.05) is 0 Å². The monoisotopic (exact) mass is 218 g/mol. The molecule has 0 radical (unpaired) electrons. The van der Waals surface area contributed by atoms with Gasteiger partial charge in [-0.1, -0.05) is 69.7 Å². The molecular weight excluding hydrogens is 180 g/mol. The Hall–Kier alpha value is 0. The minimum absolute atomic E-state index is 0. The molecule has 0 bridgehead atoms. The highest BCUT2D eigenvalue weighted by Gasteiger charge is 2.19. The van der Waals surface area contributed by atoms with E-state index in [4.69, 9.17) is 0 Å². The Labute approximate surface area is 101 Å². The smallest absolute Gasteiger partial charge is 0.0391 e. The Bertz CT molecular complexity index is 86.2. The average molecular weight is 218 g/mol. The van der Waals surface area contributed by atoms with Crippen molar-refractivity contribution >= 4 is 0 Å². The first-order valence-corrected chi connectivity index (χ1v) is 5.70. The van der Waals surface area contributed by atoms with E-state index in [0.717, 1.165) is 17.8 Å². The van der Waals surface area contributed by atoms with Crippen molar-refractivity contribution in [1.82, 2.24) is 0 Å². The molecule has 0 aromatic rings. The predicted molar refractivity (Wildman–Crippen MR) is 77.5 cm³/mol. The van der Waals surface area contributed by atoms with Gasteiger partial charge in [0.25, 0.3) is 0 Å². The summed E-state index contributed by atoms with van der Waals surface area (Å²) < 4.78 is 0. The molecule has 1 rings (SSSR count). The van der Waals surface area contributed by atoms with E-state index in [0.29, 0.717) is 0 Å². The van der Waals surface area contributed by atoms with Crippen LogP contribution in [0.2, 0.25) is 0 Å². The van der Waals surface area contributed by atoms with Gasteiger partial charge >= 0.3 is 0 Å². The van der Waals surface area contributed by atoms with E-state index >= 15 is 0 Å². The SMILES string of the molecule is C.C.C.CC.CC1CCC(C(C)C)CC1. The minimum Gasteiger partial charge on any atom is -0.0776 e. The second-order valence-electron chi connectivity index (χ2n) is 4.26. The molecule has 1 aliphatic rings. The highest BCUT2D eigenvalue weighted by Crippen LogP contribution is 2.32. The summed E-state index contributed by atoms with van der Waals surface area (Å²) in [5.74, 6) is 2.97. The zero-order chi connectivity index (χ0) is 9.56. The van der Waals surface area contributed by atoms with Crippen LogP contribution < -0.4 is 0 Å². The van der Waals surface area contributed by atoms with Crippen molar-refractivity contribution in [2.45, 2.75) is 82.6 Å². The summed E-state index contributed by atoms with van der Waals surface area (Å²) in [6.07, 6.45) is 5.92. The summed E-state index contributed by atoms with van der Waals surface area (Å²) in [7, 11) is 0. The zero-order valence-corrected chi connectivity index (χ0v) is 9.56. The van der Waals surface area contributed by atoms with Gasteiger partial charge in [-0.15, -0.1) is 0 Å². The highest BCUT2D eigenvalue weighted by atomic mass is 14.3. The topological polar surface area (TPSA) is 0 Å². The molecule has 0 saturated heterocycles. The molecule has 15 heavy (non-hydrogen) atoms. The molecule has 0 heterocycles. The molecular formula is C15H38. The molecule has 0 heteroatoms. The summed E-state index contributed by atoms with van der Waals surface area (Å²) in [5, 5.41) is 0. The van der Waals surface area contributed by atoms with Crippen LogP contribution in [0.1, 0.15) is 82.6 Å². The molecule has 0 aromatic heterocycles. The summed E-state index contributed by atoms with van der Waals surface area (Å²) in [4.78, 5) is 0. The molecule has 1 aliphatic carbocycles. The number of hydrogen-bond acceptors (Lipinski definition) is 0. The van der Waals surface area contributed by atoms with Crippen LogP contribution in [0, 0.1) is 17.8 Å². The van der Waals surface area contributed by atoms with Crippen molar-refractivity contribution in [3.63, 3.8) is 0 Å². The van der Waals surface area contributed by atoms with Crippen LogP contribution in [0.25, 0.3) is 0 Å². The normalized spacial score (nSPS) is 23.6. The first kappa shape index (κ1) is 24.3. The second kappa shape index (κ2) is 14.0. The first-order valence-electron chi connectivity index (χ1n) is 5.70. The molecule has 0 atom stereocenters. The summed E-state index contributed by atoms with van der Waals surface area (Å²) in [6, 6.07) is 0. The van der Waals surface area contributed by atoms with Crippen molar-refractivity contribution in [3.05, 3.63) is 0 Å². The van der Waals surface area contributed by atoms with Gasteiger partial charge < -0.3 is 0 Å². The molecule has 0 nitrogen and oxygen atoms in total. The maximum Gasteiger partial charge on any atom is -0.0391 e. The van der Waals surface area contributed by atoms with E-state index in [-0.39, 0.29) is 22.3 Å². The van der Waals surface area contributed by atoms with Crippen LogP contribution in [0.15, 0.2) is 0 Å². The lowest BCUT2D eigenvalue weighted by Gasteiger charge is -2.28. The second-order valence-corrected chi connectivity index (χ2v) is 4.26. The van der Waals surface area contributed by atoms with Gasteiger partial charge in [-0.3, -0.25) is 0 Å². The Kier molecular flexibility index (Phi) is 22.7. The van der Waals surface area contributed by atoms with Crippen molar-refractivity contribution in [3.8, 4) is 0 Å². The van der Waals surface area contributed by atoms with E-state index in [1.54, 1.807) is 0 Å². The van der Waals surface area contributed by atoms with Crippen LogP contribution in [0.4, 0.5) is 0 Å². The van der Waals surface area contributed by atoms with Crippen LogP contribution in [0.3, 0.4) is 0 Å². The van der Waals surface area contributed by atoms with Crippen molar-refractivity contribution in [2.75, 3.05) is 0 Å². The molecule has 0 N–H and O–H groups in total. The molecule has 1 fully saturated rings. The molecule has 0 spiro atoms. The van der Waals surface area contributed by atoms with Crippen LogP contribution in [-0.4, -0.2) is 0 Å². The molecule has 0 aliphatic heterocycles. The fourth-order valence-electron chi connectivity index (χ4n) is 1.95. The highest BCUT2D eigenvalue weighted by molar-refractivity contribution is 4.71. The van der Waals surface area contributed by atoms with Crippen molar-refractivity contribution < 1.29 is 0 Å². The third-order valence-electron chi connectivity index (χ3n) is 3.00. The fraction of sp³-hybridized carbons (Fsp3) is 1.00. The summed E-state index contributed by atoms with van der Waals surface area (Å²) >= 11 is 0. The van der Waals surface area contributed by atoms with E-state index in [1.165, 1.54) is 25.7 Å². The van der Waals surface area contributed by atoms with Gasteiger partial charge in [0.15, 0.2) is 0 Å². The number of hydrogen-bond donors (Lipinski definition) is 0. The lowest BCUT2D eigenvalue weighted by Crippen LogP contribution is -2.16. The molecule has 0 unspecified atom stereocenters. The van der Waals surface area contributed by atoms with Gasteiger partial charge in [-0.2, -0.15) is 0 Å². The molecule has 98 valence electrons. The third-order valence-corrected chi connectivity index (χ3v) is 3.00. The van der Waals surface area contributed by atoms with Crippen molar-refractivity contribution in [2.24, 2.45) is 17.8 Å². The Morgan fingerprint density at radius 3 is 1.40 bits per heavy atom. The third kappa shape index (κ3) is 10.3. The largest absolute Gasteiger partial charge is 0.0776 e. The van der Waals surface area contributed by atoms with Gasteiger partial charge in [-0.25, -0.2) is 0 Å². The van der Waals surface area contributed by atoms with E-state index in [1.807, 2.05) is 13.8 Å². The Balaban J connectivity index is -0.000000114. The maximum absolute atomic E-state index is 2.39. The van der Waals surface area contributed by atoms with Gasteiger partial charge in [-0.05, 0) is 30.6 Å². The average Bonchev–Trinajstić information content (AvgIpc) is 2.09. The molecule has 0 amide bonds. The standard InChI is InChI=1S/C10H20.C2H6.3CH4/c1-8(2)10-6-4-9(3)5-7-10;1-2;;;/h8-10H,4-7H2,1-3H3;1-2H3;3*1H4. The van der Waals surface area contributed by atoms with E-state index < -0.39 is 0 Å². The van der Waals surface area contributed by atoms with Crippen LogP contribution in [0.5, 0.6) is 0 Å². The van der Waals surface area contributed by atoms with Gasteiger partial charge in [0.05, 0.1) is 0 Å².